The molecule has 1 aromatic rings. The second kappa shape index (κ2) is 6.12. The van der Waals surface area contributed by atoms with E-state index in [2.05, 4.69) is 5.32 Å². The van der Waals surface area contributed by atoms with E-state index in [-0.39, 0.29) is 0 Å². The smallest absolute Gasteiger partial charge is 0.326 e. The molecule has 4 nitrogen and oxygen atoms in total. The average molecular weight is 253 g/mol. The van der Waals surface area contributed by atoms with Crippen LogP contribution in [0.4, 0.5) is 5.69 Å². The SMILES string of the molecule is CCCC(Nc1cc(Cl)ccc1C#N)C(=O)O. The highest BCUT2D eigenvalue weighted by atomic mass is 35.5. The van der Waals surface area contributed by atoms with Crippen molar-refractivity contribution in [1.82, 2.24) is 0 Å². The third kappa shape index (κ3) is 3.65. The Balaban J connectivity index is 2.96. The van der Waals surface area contributed by atoms with E-state index in [0.717, 1.165) is 6.42 Å². The molecular formula is C12H13ClN2O2. The normalized spacial score (nSPS) is 11.6. The average Bonchev–Trinajstić information content (AvgIpc) is 2.28. The molecule has 0 fully saturated rings. The fourth-order valence-electron chi connectivity index (χ4n) is 1.47. The van der Waals surface area contributed by atoms with E-state index >= 15 is 0 Å². The molecule has 0 aliphatic heterocycles. The van der Waals surface area contributed by atoms with Crippen LogP contribution in [0.1, 0.15) is 25.3 Å². The molecule has 2 N–H and O–H groups in total. The minimum Gasteiger partial charge on any atom is -0.480 e. The van der Waals surface area contributed by atoms with E-state index in [0.29, 0.717) is 22.7 Å². The predicted molar refractivity (Wildman–Crippen MR) is 66.1 cm³/mol. The summed E-state index contributed by atoms with van der Waals surface area (Å²) in [5, 5.41) is 21.2. The number of hydrogen-bond acceptors (Lipinski definition) is 3. The van der Waals surface area contributed by atoms with Gasteiger partial charge in [0, 0.05) is 5.02 Å². The first kappa shape index (κ1) is 13.3. The lowest BCUT2D eigenvalue weighted by Crippen LogP contribution is -2.29. The summed E-state index contributed by atoms with van der Waals surface area (Å²) in [4.78, 5) is 11.0. The van der Waals surface area contributed by atoms with Gasteiger partial charge < -0.3 is 10.4 Å². The molecule has 1 atom stereocenters. The van der Waals surface area contributed by atoms with E-state index in [1.165, 1.54) is 0 Å². The van der Waals surface area contributed by atoms with Crippen LogP contribution in [0, 0.1) is 11.3 Å². The number of nitriles is 1. The lowest BCUT2D eigenvalue weighted by atomic mass is 10.1. The summed E-state index contributed by atoms with van der Waals surface area (Å²) in [6.07, 6.45) is 1.24. The van der Waals surface area contributed by atoms with Gasteiger partial charge in [-0.3, -0.25) is 0 Å². The molecule has 0 radical (unpaired) electrons. The van der Waals surface area contributed by atoms with Gasteiger partial charge in [0.15, 0.2) is 0 Å². The van der Waals surface area contributed by atoms with Crippen molar-refractivity contribution in [2.24, 2.45) is 0 Å². The van der Waals surface area contributed by atoms with E-state index < -0.39 is 12.0 Å². The standard InChI is InChI=1S/C12H13ClN2O2/c1-2-3-10(12(16)17)15-11-6-9(13)5-4-8(11)7-14/h4-6,10,15H,2-3H2,1H3,(H,16,17). The van der Waals surface area contributed by atoms with Crippen LogP contribution in [0.3, 0.4) is 0 Å². The Bertz CT molecular complexity index is 454. The molecule has 0 saturated carbocycles. The van der Waals surface area contributed by atoms with Gasteiger partial charge in [0.25, 0.3) is 0 Å². The maximum atomic E-state index is 11.0. The van der Waals surface area contributed by atoms with Crippen LogP contribution in [0.15, 0.2) is 18.2 Å². The van der Waals surface area contributed by atoms with Crippen LogP contribution in [0.5, 0.6) is 0 Å². The first-order valence-electron chi connectivity index (χ1n) is 5.27. The number of anilines is 1. The fraction of sp³-hybridized carbons (Fsp3) is 0.333. The summed E-state index contributed by atoms with van der Waals surface area (Å²) in [5.74, 6) is -0.935. The van der Waals surface area contributed by atoms with Gasteiger partial charge in [-0.15, -0.1) is 0 Å². The van der Waals surface area contributed by atoms with Crippen molar-refractivity contribution in [3.8, 4) is 6.07 Å². The van der Waals surface area contributed by atoms with Crippen molar-refractivity contribution in [2.75, 3.05) is 5.32 Å². The minimum atomic E-state index is -0.935. The monoisotopic (exact) mass is 252 g/mol. The third-order valence-corrected chi connectivity index (χ3v) is 2.54. The number of nitrogens with one attached hydrogen (secondary N) is 1. The number of carboxylic acid groups (broad SMARTS) is 1. The lowest BCUT2D eigenvalue weighted by Gasteiger charge is -2.16. The van der Waals surface area contributed by atoms with E-state index in [9.17, 15) is 4.79 Å². The maximum Gasteiger partial charge on any atom is 0.326 e. The lowest BCUT2D eigenvalue weighted by molar-refractivity contribution is -0.138. The molecule has 1 rings (SSSR count). The van der Waals surface area contributed by atoms with Gasteiger partial charge in [-0.25, -0.2) is 4.79 Å². The Kier molecular flexibility index (Phi) is 4.80. The van der Waals surface area contributed by atoms with Gasteiger partial charge in [0.05, 0.1) is 11.3 Å². The van der Waals surface area contributed by atoms with Crippen LogP contribution in [-0.2, 0) is 4.79 Å². The first-order valence-corrected chi connectivity index (χ1v) is 5.65. The van der Waals surface area contributed by atoms with Crippen LogP contribution in [0.2, 0.25) is 5.02 Å². The molecule has 90 valence electrons. The predicted octanol–water partition coefficient (Wildman–Crippen LogP) is 2.88. The van der Waals surface area contributed by atoms with Crippen LogP contribution in [-0.4, -0.2) is 17.1 Å². The molecule has 0 amide bonds. The Hall–Kier alpha value is -1.73. The summed E-state index contributed by atoms with van der Waals surface area (Å²) in [7, 11) is 0. The molecule has 0 heterocycles. The van der Waals surface area contributed by atoms with Gasteiger partial charge in [-0.05, 0) is 24.6 Å². The van der Waals surface area contributed by atoms with Crippen molar-refractivity contribution < 1.29 is 9.90 Å². The van der Waals surface area contributed by atoms with Crippen molar-refractivity contribution >= 4 is 23.3 Å². The number of aliphatic carboxylic acids is 1. The molecule has 5 heteroatoms. The van der Waals surface area contributed by atoms with E-state index in [4.69, 9.17) is 22.0 Å². The number of carboxylic acids is 1. The summed E-state index contributed by atoms with van der Waals surface area (Å²) >= 11 is 5.82. The van der Waals surface area contributed by atoms with Gasteiger partial charge in [0.2, 0.25) is 0 Å². The maximum absolute atomic E-state index is 11.0. The molecule has 0 spiro atoms. The number of carbonyl (C=O) groups is 1. The molecule has 0 bridgehead atoms. The quantitative estimate of drug-likeness (QED) is 0.845. The van der Waals surface area contributed by atoms with Crippen molar-refractivity contribution in [3.63, 3.8) is 0 Å². The third-order valence-electron chi connectivity index (χ3n) is 2.31. The topological polar surface area (TPSA) is 73.1 Å². The zero-order valence-electron chi connectivity index (χ0n) is 9.40. The molecule has 17 heavy (non-hydrogen) atoms. The highest BCUT2D eigenvalue weighted by Gasteiger charge is 2.17. The second-order valence-corrected chi connectivity index (χ2v) is 4.06. The Morgan fingerprint density at radius 2 is 2.35 bits per heavy atom. The number of rotatable bonds is 5. The van der Waals surface area contributed by atoms with Gasteiger partial charge >= 0.3 is 5.97 Å². The Labute approximate surface area is 105 Å². The zero-order valence-corrected chi connectivity index (χ0v) is 10.2. The summed E-state index contributed by atoms with van der Waals surface area (Å²) < 4.78 is 0. The van der Waals surface area contributed by atoms with Crippen molar-refractivity contribution in [1.29, 1.82) is 5.26 Å². The summed E-state index contributed by atoms with van der Waals surface area (Å²) in [5.41, 5.74) is 0.845. The van der Waals surface area contributed by atoms with E-state index in [1.54, 1.807) is 18.2 Å². The molecule has 0 aromatic heterocycles. The summed E-state index contributed by atoms with van der Waals surface area (Å²) in [6.45, 7) is 1.90. The Morgan fingerprint density at radius 3 is 2.88 bits per heavy atom. The molecular weight excluding hydrogens is 240 g/mol. The number of benzene rings is 1. The zero-order chi connectivity index (χ0) is 12.8. The number of nitrogens with zero attached hydrogens (tertiary/aromatic N) is 1. The van der Waals surface area contributed by atoms with Gasteiger partial charge in [-0.2, -0.15) is 5.26 Å². The van der Waals surface area contributed by atoms with E-state index in [1.807, 2.05) is 13.0 Å². The number of halogens is 1. The molecule has 0 aliphatic rings. The second-order valence-electron chi connectivity index (χ2n) is 3.63. The molecule has 0 saturated heterocycles. The van der Waals surface area contributed by atoms with Crippen molar-refractivity contribution in [3.05, 3.63) is 28.8 Å². The fourth-order valence-corrected chi connectivity index (χ4v) is 1.64. The largest absolute Gasteiger partial charge is 0.480 e. The highest BCUT2D eigenvalue weighted by Crippen LogP contribution is 2.21. The van der Waals surface area contributed by atoms with Crippen LogP contribution < -0.4 is 5.32 Å². The highest BCUT2D eigenvalue weighted by molar-refractivity contribution is 6.30. The Morgan fingerprint density at radius 1 is 1.65 bits per heavy atom. The minimum absolute atomic E-state index is 0.386. The van der Waals surface area contributed by atoms with Gasteiger partial charge in [0.1, 0.15) is 12.1 Å². The number of hydrogen-bond donors (Lipinski definition) is 2. The van der Waals surface area contributed by atoms with Gasteiger partial charge in [-0.1, -0.05) is 24.9 Å². The van der Waals surface area contributed by atoms with Crippen LogP contribution in [0.25, 0.3) is 0 Å². The molecule has 1 unspecified atom stereocenters. The molecule has 0 aliphatic carbocycles. The van der Waals surface area contributed by atoms with Crippen LogP contribution >= 0.6 is 11.6 Å². The summed E-state index contributed by atoms with van der Waals surface area (Å²) in [6, 6.07) is 6.02. The molecule has 1 aromatic carbocycles. The first-order chi connectivity index (χ1) is 8.08. The van der Waals surface area contributed by atoms with Crippen molar-refractivity contribution in [2.45, 2.75) is 25.8 Å².